The highest BCUT2D eigenvalue weighted by molar-refractivity contribution is 7.92. The number of sulfonamides is 1. The second-order valence-corrected chi connectivity index (χ2v) is 5.49. The average Bonchev–Trinajstić information content (AvgIpc) is 2.78. The molecule has 2 aromatic rings. The van der Waals surface area contributed by atoms with Crippen molar-refractivity contribution in [2.24, 2.45) is 0 Å². The van der Waals surface area contributed by atoms with E-state index in [4.69, 9.17) is 11.6 Å². The Morgan fingerprint density at radius 3 is 2.82 bits per heavy atom. The maximum atomic E-state index is 11.9. The molecule has 0 atom stereocenters. The molecule has 0 saturated carbocycles. The number of nitrogens with one attached hydrogen (secondary N) is 2. The molecule has 5 nitrogen and oxygen atoms in total. The summed E-state index contributed by atoms with van der Waals surface area (Å²) in [5, 5.41) is 0.380. The molecule has 90 valence electrons. The molecule has 0 aliphatic rings. The number of halogens is 1. The first-order chi connectivity index (χ1) is 8.00. The molecule has 0 unspecified atom stereocenters. The molecule has 0 amide bonds. The number of imidazole rings is 1. The van der Waals surface area contributed by atoms with Crippen LogP contribution in [0.3, 0.4) is 0 Å². The van der Waals surface area contributed by atoms with Crippen LogP contribution in [0.15, 0.2) is 35.7 Å². The quantitative estimate of drug-likeness (QED) is 0.898. The number of nitrogens with zero attached hydrogens (tertiary/aromatic N) is 1. The number of hydrogen-bond acceptors (Lipinski definition) is 3. The maximum absolute atomic E-state index is 11.9. The van der Waals surface area contributed by atoms with E-state index in [1.165, 1.54) is 12.5 Å². The van der Waals surface area contributed by atoms with Gasteiger partial charge in [-0.15, -0.1) is 0 Å². The zero-order valence-corrected chi connectivity index (χ0v) is 10.5. The maximum Gasteiger partial charge on any atom is 0.279 e. The molecule has 0 aliphatic heterocycles. The molecular weight excluding hydrogens is 262 g/mol. The number of aryl methyl sites for hydroxylation is 1. The van der Waals surface area contributed by atoms with E-state index in [9.17, 15) is 8.42 Å². The van der Waals surface area contributed by atoms with Crippen LogP contribution < -0.4 is 4.72 Å². The molecule has 7 heteroatoms. The summed E-state index contributed by atoms with van der Waals surface area (Å²) in [7, 11) is -3.66. The molecule has 17 heavy (non-hydrogen) atoms. The Morgan fingerprint density at radius 2 is 2.18 bits per heavy atom. The minimum atomic E-state index is -3.66. The molecular formula is C10H10ClN3O2S. The number of H-pyrrole nitrogens is 1. The molecule has 0 radical (unpaired) electrons. The zero-order valence-electron chi connectivity index (χ0n) is 8.94. The van der Waals surface area contributed by atoms with Crippen molar-refractivity contribution in [2.75, 3.05) is 4.72 Å². The Labute approximate surface area is 104 Å². The predicted molar refractivity (Wildman–Crippen MR) is 65.6 cm³/mol. The van der Waals surface area contributed by atoms with Crippen molar-refractivity contribution in [1.29, 1.82) is 0 Å². The Hall–Kier alpha value is -1.53. The van der Waals surface area contributed by atoms with Gasteiger partial charge in [-0.25, -0.2) is 4.98 Å². The summed E-state index contributed by atoms with van der Waals surface area (Å²) in [6, 6.07) is 5.13. The average molecular weight is 272 g/mol. The van der Waals surface area contributed by atoms with E-state index < -0.39 is 10.0 Å². The molecule has 2 rings (SSSR count). The van der Waals surface area contributed by atoms with Crippen LogP contribution in [0.2, 0.25) is 5.02 Å². The van der Waals surface area contributed by atoms with Gasteiger partial charge in [-0.2, -0.15) is 8.42 Å². The Balaban J connectivity index is 2.37. The summed E-state index contributed by atoms with van der Waals surface area (Å²) in [6.07, 6.45) is 2.53. The summed E-state index contributed by atoms with van der Waals surface area (Å²) in [4.78, 5) is 6.19. The monoisotopic (exact) mass is 271 g/mol. The minimum Gasteiger partial charge on any atom is -0.334 e. The smallest absolute Gasteiger partial charge is 0.279 e. The molecule has 0 saturated heterocycles. The highest BCUT2D eigenvalue weighted by atomic mass is 35.5. The van der Waals surface area contributed by atoms with Crippen LogP contribution in [0.25, 0.3) is 0 Å². The minimum absolute atomic E-state index is 0.00456. The molecule has 1 aromatic heterocycles. The summed E-state index contributed by atoms with van der Waals surface area (Å²) < 4.78 is 26.2. The molecule has 0 spiro atoms. The fourth-order valence-corrected chi connectivity index (χ4v) is 2.52. The van der Waals surface area contributed by atoms with Gasteiger partial charge in [0.05, 0.1) is 23.2 Å². The van der Waals surface area contributed by atoms with Crippen LogP contribution in [0.1, 0.15) is 5.56 Å². The number of anilines is 1. The normalized spacial score (nSPS) is 11.4. The number of rotatable bonds is 3. The van der Waals surface area contributed by atoms with Gasteiger partial charge in [0.1, 0.15) is 0 Å². The summed E-state index contributed by atoms with van der Waals surface area (Å²) in [5.41, 5.74) is 1.15. The Morgan fingerprint density at radius 1 is 1.41 bits per heavy atom. The topological polar surface area (TPSA) is 74.8 Å². The lowest BCUT2D eigenvalue weighted by atomic mass is 10.2. The first kappa shape index (κ1) is 11.9. The van der Waals surface area contributed by atoms with Crippen molar-refractivity contribution >= 4 is 27.3 Å². The van der Waals surface area contributed by atoms with Crippen LogP contribution in [-0.4, -0.2) is 18.4 Å². The van der Waals surface area contributed by atoms with Gasteiger partial charge in [-0.3, -0.25) is 4.72 Å². The third kappa shape index (κ3) is 2.42. The first-order valence-corrected chi connectivity index (χ1v) is 6.63. The van der Waals surface area contributed by atoms with Crippen molar-refractivity contribution in [2.45, 2.75) is 11.9 Å². The zero-order chi connectivity index (χ0) is 12.5. The van der Waals surface area contributed by atoms with Crippen molar-refractivity contribution in [1.82, 2.24) is 9.97 Å². The molecule has 0 bridgehead atoms. The highest BCUT2D eigenvalue weighted by Gasteiger charge is 2.17. The lowest BCUT2D eigenvalue weighted by Gasteiger charge is -2.09. The van der Waals surface area contributed by atoms with Gasteiger partial charge in [0.2, 0.25) is 0 Å². The molecule has 0 aliphatic carbocycles. The fraction of sp³-hybridized carbons (Fsp3) is 0.100. The second kappa shape index (κ2) is 4.38. The largest absolute Gasteiger partial charge is 0.334 e. The van der Waals surface area contributed by atoms with Crippen LogP contribution in [0.4, 0.5) is 5.69 Å². The van der Waals surface area contributed by atoms with Crippen molar-refractivity contribution in [3.8, 4) is 0 Å². The van der Waals surface area contributed by atoms with Crippen LogP contribution in [-0.2, 0) is 10.0 Å². The van der Waals surface area contributed by atoms with Gasteiger partial charge in [-0.1, -0.05) is 23.7 Å². The standard InChI is InChI=1S/C10H10ClN3O2S/c1-7-3-2-4-8(10(7)11)14-17(15,16)9-5-12-6-13-9/h2-6,14H,1H3,(H,12,13). The summed E-state index contributed by atoms with van der Waals surface area (Å²) in [6.45, 7) is 1.80. The van der Waals surface area contributed by atoms with Crippen LogP contribution in [0.5, 0.6) is 0 Å². The number of aromatic nitrogens is 2. The third-order valence-electron chi connectivity index (χ3n) is 2.20. The van der Waals surface area contributed by atoms with Gasteiger partial charge < -0.3 is 4.98 Å². The Bertz CT molecular complexity index is 623. The van der Waals surface area contributed by atoms with Gasteiger partial charge >= 0.3 is 0 Å². The lowest BCUT2D eigenvalue weighted by molar-refractivity contribution is 0.598. The fourth-order valence-electron chi connectivity index (χ4n) is 1.32. The molecule has 0 fully saturated rings. The molecule has 2 N–H and O–H groups in total. The van der Waals surface area contributed by atoms with Gasteiger partial charge in [0.25, 0.3) is 10.0 Å². The van der Waals surface area contributed by atoms with Crippen molar-refractivity contribution in [3.05, 3.63) is 41.3 Å². The number of hydrogen-bond donors (Lipinski definition) is 2. The molecule has 1 aromatic carbocycles. The van der Waals surface area contributed by atoms with Crippen molar-refractivity contribution < 1.29 is 8.42 Å². The van der Waals surface area contributed by atoms with Gasteiger partial charge in [0, 0.05) is 0 Å². The Kier molecular flexibility index (Phi) is 3.08. The van der Waals surface area contributed by atoms with E-state index in [-0.39, 0.29) is 5.03 Å². The van der Waals surface area contributed by atoms with E-state index in [1.807, 2.05) is 0 Å². The second-order valence-electron chi connectivity index (χ2n) is 3.46. The van der Waals surface area contributed by atoms with Crippen molar-refractivity contribution in [3.63, 3.8) is 0 Å². The van der Waals surface area contributed by atoms with E-state index in [0.29, 0.717) is 10.7 Å². The van der Waals surface area contributed by atoms with E-state index >= 15 is 0 Å². The van der Waals surface area contributed by atoms with Gasteiger partial charge in [0.15, 0.2) is 5.03 Å². The van der Waals surface area contributed by atoms with E-state index in [0.717, 1.165) is 5.56 Å². The van der Waals surface area contributed by atoms with Crippen LogP contribution in [0, 0.1) is 6.92 Å². The third-order valence-corrected chi connectivity index (χ3v) is 3.99. The molecule has 1 heterocycles. The summed E-state index contributed by atoms with van der Waals surface area (Å²) >= 11 is 6.01. The first-order valence-electron chi connectivity index (χ1n) is 4.77. The summed E-state index contributed by atoms with van der Waals surface area (Å²) in [5.74, 6) is 0. The predicted octanol–water partition coefficient (Wildman–Crippen LogP) is 2.17. The lowest BCUT2D eigenvalue weighted by Crippen LogP contribution is -2.13. The van der Waals surface area contributed by atoms with E-state index in [1.54, 1.807) is 25.1 Å². The van der Waals surface area contributed by atoms with E-state index in [2.05, 4.69) is 14.7 Å². The van der Waals surface area contributed by atoms with Crippen LogP contribution >= 0.6 is 11.6 Å². The highest BCUT2D eigenvalue weighted by Crippen LogP contribution is 2.26. The number of benzene rings is 1. The van der Waals surface area contributed by atoms with Gasteiger partial charge in [-0.05, 0) is 18.6 Å². The number of aromatic amines is 1. The SMILES string of the molecule is Cc1cccc(NS(=O)(=O)c2cnc[nH]2)c1Cl.